The van der Waals surface area contributed by atoms with Gasteiger partial charge in [0, 0.05) is 5.56 Å². The third-order valence-corrected chi connectivity index (χ3v) is 3.97. The molecule has 0 saturated carbocycles. The fourth-order valence-corrected chi connectivity index (χ4v) is 2.99. The molecule has 4 rings (SSSR count). The van der Waals surface area contributed by atoms with Crippen LogP contribution >= 0.6 is 0 Å². The Balaban J connectivity index is 2.04. The zero-order valence-electron chi connectivity index (χ0n) is 11.8. The molecule has 5 nitrogen and oxygen atoms in total. The highest BCUT2D eigenvalue weighted by molar-refractivity contribution is 5.77. The molecule has 2 heterocycles. The first-order chi connectivity index (χ1) is 10.6. The van der Waals surface area contributed by atoms with Gasteiger partial charge in [0.2, 0.25) is 0 Å². The van der Waals surface area contributed by atoms with E-state index < -0.39 is 11.4 Å². The lowest BCUT2D eigenvalue weighted by Crippen LogP contribution is -2.32. The van der Waals surface area contributed by atoms with E-state index in [1.54, 1.807) is 37.4 Å². The van der Waals surface area contributed by atoms with Crippen molar-refractivity contribution in [3.63, 3.8) is 0 Å². The maximum atomic E-state index is 14.5. The molecule has 2 N–H and O–H groups in total. The predicted molar refractivity (Wildman–Crippen MR) is 77.8 cm³/mol. The van der Waals surface area contributed by atoms with Crippen molar-refractivity contribution < 1.29 is 18.6 Å². The number of methoxy groups -OCH3 is 1. The second-order valence-electron chi connectivity index (χ2n) is 5.18. The number of hydrogen-bond acceptors (Lipinski definition) is 5. The van der Waals surface area contributed by atoms with Crippen LogP contribution < -0.4 is 15.2 Å². The normalized spacial score (nSPS) is 21.5. The quantitative estimate of drug-likeness (QED) is 0.879. The van der Waals surface area contributed by atoms with Gasteiger partial charge in [-0.05, 0) is 30.3 Å². The molecule has 6 heteroatoms. The Morgan fingerprint density at radius 1 is 1.27 bits per heavy atom. The number of hydrogen-bond donors (Lipinski definition) is 1. The van der Waals surface area contributed by atoms with E-state index in [2.05, 4.69) is 4.99 Å². The minimum Gasteiger partial charge on any atom is -0.497 e. The first-order valence-electron chi connectivity index (χ1n) is 6.77. The van der Waals surface area contributed by atoms with Crippen LogP contribution in [0.1, 0.15) is 11.1 Å². The summed E-state index contributed by atoms with van der Waals surface area (Å²) in [7, 11) is 1.56. The molecule has 0 aliphatic carbocycles. The Morgan fingerprint density at radius 3 is 2.86 bits per heavy atom. The monoisotopic (exact) mass is 300 g/mol. The molecule has 2 aromatic carbocycles. The molecule has 0 radical (unpaired) electrons. The maximum Gasteiger partial charge on any atom is 0.283 e. The number of fused-ring (bicyclic) bond motifs is 4. The molecule has 1 spiro atoms. The zero-order chi connectivity index (χ0) is 15.3. The van der Waals surface area contributed by atoms with E-state index in [1.165, 1.54) is 6.07 Å². The molecule has 22 heavy (non-hydrogen) atoms. The summed E-state index contributed by atoms with van der Waals surface area (Å²) in [5.41, 5.74) is 5.66. The van der Waals surface area contributed by atoms with E-state index in [9.17, 15) is 4.39 Å². The Kier molecular flexibility index (Phi) is 2.57. The van der Waals surface area contributed by atoms with Gasteiger partial charge < -0.3 is 19.9 Å². The van der Waals surface area contributed by atoms with Crippen LogP contribution in [-0.2, 0) is 10.3 Å². The molecule has 1 atom stereocenters. The Hall–Kier alpha value is -2.76. The van der Waals surface area contributed by atoms with Gasteiger partial charge in [-0.3, -0.25) is 0 Å². The number of nitrogens with two attached hydrogens (primary N) is 1. The van der Waals surface area contributed by atoms with Gasteiger partial charge in [0.05, 0.1) is 12.7 Å². The Morgan fingerprint density at radius 2 is 2.14 bits per heavy atom. The third-order valence-electron chi connectivity index (χ3n) is 3.97. The van der Waals surface area contributed by atoms with Crippen LogP contribution in [0.5, 0.6) is 17.2 Å². The molecular weight excluding hydrogens is 287 g/mol. The minimum absolute atomic E-state index is 0.0323. The number of amidine groups is 1. The van der Waals surface area contributed by atoms with Gasteiger partial charge in [-0.25, -0.2) is 9.38 Å². The summed E-state index contributed by atoms with van der Waals surface area (Å²) in [5, 5.41) is 0. The molecule has 0 aromatic heterocycles. The van der Waals surface area contributed by atoms with Crippen molar-refractivity contribution in [2.45, 2.75) is 5.54 Å². The number of nitrogens with zero attached hydrogens (tertiary/aromatic N) is 1. The molecule has 0 bridgehead atoms. The molecule has 2 aliphatic heterocycles. The topological polar surface area (TPSA) is 66.1 Å². The molecule has 0 fully saturated rings. The molecule has 2 aliphatic rings. The largest absolute Gasteiger partial charge is 0.497 e. The molecule has 0 saturated heterocycles. The van der Waals surface area contributed by atoms with E-state index in [-0.39, 0.29) is 12.6 Å². The van der Waals surface area contributed by atoms with Crippen LogP contribution in [0.25, 0.3) is 0 Å². The number of aliphatic imine (C=N–C) groups is 1. The maximum absolute atomic E-state index is 14.5. The lowest BCUT2D eigenvalue weighted by molar-refractivity contribution is 0.259. The fraction of sp³-hybridized carbons (Fsp3) is 0.188. The van der Waals surface area contributed by atoms with Gasteiger partial charge >= 0.3 is 0 Å². The first-order valence-corrected chi connectivity index (χ1v) is 6.77. The highest BCUT2D eigenvalue weighted by Gasteiger charge is 2.48. The van der Waals surface area contributed by atoms with E-state index in [1.807, 2.05) is 0 Å². The summed E-state index contributed by atoms with van der Waals surface area (Å²) in [6.45, 7) is 0.121. The number of rotatable bonds is 1. The first kappa shape index (κ1) is 12.9. The van der Waals surface area contributed by atoms with Crippen LogP contribution in [0.3, 0.4) is 0 Å². The van der Waals surface area contributed by atoms with Crippen molar-refractivity contribution in [3.8, 4) is 17.2 Å². The lowest BCUT2D eigenvalue weighted by Gasteiger charge is -2.33. The zero-order valence-corrected chi connectivity index (χ0v) is 11.8. The predicted octanol–water partition coefficient (Wildman–Crippen LogP) is 2.53. The second-order valence-corrected chi connectivity index (χ2v) is 5.18. The van der Waals surface area contributed by atoms with Gasteiger partial charge in [-0.2, -0.15) is 0 Å². The SMILES string of the molecule is COc1ccc2c(c1)C1(COC(N)=N1)c1c(F)cccc1O2. The number of ether oxygens (including phenoxy) is 3. The molecule has 2 aromatic rings. The van der Waals surface area contributed by atoms with E-state index in [0.29, 0.717) is 28.4 Å². The van der Waals surface area contributed by atoms with Crippen molar-refractivity contribution in [3.05, 3.63) is 53.3 Å². The minimum atomic E-state index is -1.05. The highest BCUT2D eigenvalue weighted by atomic mass is 19.1. The van der Waals surface area contributed by atoms with Crippen molar-refractivity contribution >= 4 is 6.02 Å². The van der Waals surface area contributed by atoms with Crippen LogP contribution in [0.15, 0.2) is 41.4 Å². The van der Waals surface area contributed by atoms with E-state index in [4.69, 9.17) is 19.9 Å². The van der Waals surface area contributed by atoms with Crippen LogP contribution in [-0.4, -0.2) is 19.7 Å². The van der Waals surface area contributed by atoms with Gasteiger partial charge in [-0.15, -0.1) is 0 Å². The number of halogens is 1. The summed E-state index contributed by atoms with van der Waals surface area (Å²) in [4.78, 5) is 4.40. The van der Waals surface area contributed by atoms with Gasteiger partial charge in [0.15, 0.2) is 5.54 Å². The van der Waals surface area contributed by atoms with Gasteiger partial charge in [-0.1, -0.05) is 6.07 Å². The van der Waals surface area contributed by atoms with Crippen LogP contribution in [0.2, 0.25) is 0 Å². The van der Waals surface area contributed by atoms with E-state index >= 15 is 0 Å². The highest BCUT2D eigenvalue weighted by Crippen LogP contribution is 2.52. The molecule has 112 valence electrons. The summed E-state index contributed by atoms with van der Waals surface area (Å²) in [5.74, 6) is 1.22. The van der Waals surface area contributed by atoms with Gasteiger partial charge in [0.1, 0.15) is 29.7 Å². The average Bonchev–Trinajstić information content (AvgIpc) is 2.90. The molecule has 1 unspecified atom stereocenters. The molecular formula is C16H13FN2O3. The molecule has 0 amide bonds. The van der Waals surface area contributed by atoms with Crippen LogP contribution in [0, 0.1) is 5.82 Å². The summed E-state index contributed by atoms with van der Waals surface area (Å²) in [6, 6.07) is 10.0. The Labute approximate surface area is 126 Å². The fourth-order valence-electron chi connectivity index (χ4n) is 2.99. The van der Waals surface area contributed by atoms with Crippen molar-refractivity contribution in [1.82, 2.24) is 0 Å². The summed E-state index contributed by atoms with van der Waals surface area (Å²) >= 11 is 0. The smallest absolute Gasteiger partial charge is 0.283 e. The van der Waals surface area contributed by atoms with Crippen molar-refractivity contribution in [1.29, 1.82) is 0 Å². The lowest BCUT2D eigenvalue weighted by atomic mass is 9.81. The van der Waals surface area contributed by atoms with E-state index in [0.717, 1.165) is 0 Å². The summed E-state index contributed by atoms with van der Waals surface area (Å²) in [6.07, 6.45) is 0. The van der Waals surface area contributed by atoms with Gasteiger partial charge in [0.25, 0.3) is 6.02 Å². The van der Waals surface area contributed by atoms with Crippen molar-refractivity contribution in [2.75, 3.05) is 13.7 Å². The third kappa shape index (κ3) is 1.60. The second kappa shape index (κ2) is 4.37. The van der Waals surface area contributed by atoms with Crippen molar-refractivity contribution in [2.24, 2.45) is 10.7 Å². The number of benzene rings is 2. The Bertz CT molecular complexity index is 806. The average molecular weight is 300 g/mol. The standard InChI is InChI=1S/C16H13FN2O3/c1-20-9-5-6-12-10(7-9)16(8-21-15(18)19-16)14-11(17)3-2-4-13(14)22-12/h2-7H,8H2,1H3,(H2,18,19). The van der Waals surface area contributed by atoms with Crippen LogP contribution in [0.4, 0.5) is 4.39 Å². The summed E-state index contributed by atoms with van der Waals surface area (Å²) < 4.78 is 30.9.